The largest absolute Gasteiger partial charge is 0.466 e. The Labute approximate surface area is 102 Å². The van der Waals surface area contributed by atoms with Gasteiger partial charge in [-0.05, 0) is 12.0 Å². The van der Waals surface area contributed by atoms with Crippen LogP contribution in [0.15, 0.2) is 43.0 Å². The molecule has 0 aromatic heterocycles. The molecular weight excluding hydrogens is 224 g/mol. The van der Waals surface area contributed by atoms with Gasteiger partial charge in [-0.3, -0.25) is 0 Å². The number of alkyl halides is 1. The molecule has 1 unspecified atom stereocenters. The van der Waals surface area contributed by atoms with E-state index in [0.29, 0.717) is 0 Å². The third-order valence-corrected chi connectivity index (χ3v) is 2.45. The lowest BCUT2D eigenvalue weighted by Crippen LogP contribution is -1.91. The number of hydrogen-bond donors (Lipinski definition) is 0. The first-order valence-corrected chi connectivity index (χ1v) is 5.48. The molecule has 0 N–H and O–H groups in total. The van der Waals surface area contributed by atoms with Crippen LogP contribution in [0.2, 0.25) is 0 Å². The van der Waals surface area contributed by atoms with Crippen LogP contribution in [0.1, 0.15) is 24.3 Å². The van der Waals surface area contributed by atoms with Crippen LogP contribution in [0.5, 0.6) is 0 Å². The average molecular weight is 241 g/mol. The lowest BCUT2D eigenvalue weighted by molar-refractivity contribution is -0.134. The molecule has 0 amide bonds. The number of esters is 1. The normalized spacial score (nSPS) is 10.7. The predicted octanol–water partition coefficient (Wildman–Crippen LogP) is 3.72. The molecule has 0 bridgehead atoms. The van der Waals surface area contributed by atoms with Gasteiger partial charge < -0.3 is 4.74 Å². The fraction of sp³-hybridized carbons (Fsp3) is 0.308. The summed E-state index contributed by atoms with van der Waals surface area (Å²) in [6.07, 6.45) is 2.10. The van der Waals surface area contributed by atoms with Crippen molar-refractivity contribution in [2.45, 2.75) is 18.7 Å². The number of ether oxygens (including phenoxy) is 1. The van der Waals surface area contributed by atoms with Crippen molar-refractivity contribution >= 4 is 17.6 Å². The lowest BCUT2D eigenvalue weighted by atomic mass is 10.1. The summed E-state index contributed by atoms with van der Waals surface area (Å²) in [7, 11) is 1.31. The molecule has 0 aliphatic rings. The van der Waals surface area contributed by atoms with Crippen molar-refractivity contribution in [1.29, 1.82) is 0 Å². The molecule has 0 radical (unpaired) electrons. The van der Waals surface area contributed by atoms with Gasteiger partial charge in [0.2, 0.25) is 0 Å². The molecule has 3 heteroatoms. The Morgan fingerprint density at radius 2 is 2.06 bits per heavy atom. The molecule has 1 rings (SSSR count). The molecule has 0 aliphatic heterocycles. The van der Waals surface area contributed by atoms with Gasteiger partial charge in [-0.2, -0.15) is 0 Å². The molecule has 1 aromatic rings. The maximum absolute atomic E-state index is 9.84. The summed E-state index contributed by atoms with van der Waals surface area (Å²) in [5.74, 6) is -0.394. The van der Waals surface area contributed by atoms with Gasteiger partial charge in [0.05, 0.1) is 12.5 Å². The van der Waals surface area contributed by atoms with Crippen LogP contribution in [0.3, 0.4) is 0 Å². The molecule has 88 valence electrons. The predicted molar refractivity (Wildman–Crippen MR) is 67.5 cm³/mol. The van der Waals surface area contributed by atoms with Crippen LogP contribution in [-0.4, -0.2) is 13.1 Å². The summed E-state index contributed by atoms with van der Waals surface area (Å²) < 4.78 is 4.14. The molecule has 0 heterocycles. The van der Waals surface area contributed by atoms with Crippen LogP contribution in [-0.2, 0) is 9.53 Å². The van der Waals surface area contributed by atoms with Gasteiger partial charge in [-0.1, -0.05) is 43.8 Å². The van der Waals surface area contributed by atoms with Crippen molar-refractivity contribution in [2.75, 3.05) is 7.11 Å². The first-order chi connectivity index (χ1) is 7.65. The molecule has 0 saturated carbocycles. The van der Waals surface area contributed by atoms with E-state index in [2.05, 4.69) is 30.4 Å². The monoisotopic (exact) mass is 240 g/mol. The molecular formula is C13H17ClO2. The van der Waals surface area contributed by atoms with E-state index in [0.717, 1.165) is 12.5 Å². The number of halogens is 1. The number of hydrogen-bond acceptors (Lipinski definition) is 2. The number of carbonyl (C=O) groups is 1. The van der Waals surface area contributed by atoms with E-state index in [-0.39, 0.29) is 5.38 Å². The highest BCUT2D eigenvalue weighted by molar-refractivity contribution is 6.20. The van der Waals surface area contributed by atoms with Gasteiger partial charge in [-0.25, -0.2) is 4.79 Å². The van der Waals surface area contributed by atoms with Crippen molar-refractivity contribution in [3.05, 3.63) is 48.6 Å². The van der Waals surface area contributed by atoms with Crippen molar-refractivity contribution in [1.82, 2.24) is 0 Å². The maximum atomic E-state index is 9.84. The molecule has 0 spiro atoms. The lowest BCUT2D eigenvalue weighted by Gasteiger charge is -2.04. The highest BCUT2D eigenvalue weighted by Gasteiger charge is 2.01. The Morgan fingerprint density at radius 3 is 2.38 bits per heavy atom. The van der Waals surface area contributed by atoms with Crippen LogP contribution in [0.25, 0.3) is 0 Å². The minimum atomic E-state index is -0.394. The van der Waals surface area contributed by atoms with Gasteiger partial charge in [0.1, 0.15) is 0 Å². The van der Waals surface area contributed by atoms with E-state index in [1.165, 1.54) is 12.7 Å². The minimum absolute atomic E-state index is 0.182. The number of carbonyl (C=O) groups excluding carboxylic acids is 1. The first kappa shape index (κ1) is 14.7. The SMILES string of the molecule is C=CC(=O)OC.CCC(Cl)c1ccccc1. The van der Waals surface area contributed by atoms with E-state index in [9.17, 15) is 4.79 Å². The summed E-state index contributed by atoms with van der Waals surface area (Å²) in [5.41, 5.74) is 1.21. The summed E-state index contributed by atoms with van der Waals surface area (Å²) >= 11 is 5.99. The van der Waals surface area contributed by atoms with Crippen LogP contribution < -0.4 is 0 Å². The third-order valence-electron chi connectivity index (χ3n) is 1.89. The standard InChI is InChI=1S/C9H11Cl.C4H6O2/c1-2-9(10)8-6-4-3-5-7-8;1-3-4(5)6-2/h3-7,9H,2H2,1H3;3H,1H2,2H3. The van der Waals surface area contributed by atoms with Gasteiger partial charge >= 0.3 is 5.97 Å². The Hall–Kier alpha value is -1.28. The van der Waals surface area contributed by atoms with Crippen LogP contribution in [0.4, 0.5) is 0 Å². The smallest absolute Gasteiger partial charge is 0.329 e. The Morgan fingerprint density at radius 1 is 1.50 bits per heavy atom. The van der Waals surface area contributed by atoms with E-state index in [1.54, 1.807) is 0 Å². The van der Waals surface area contributed by atoms with E-state index < -0.39 is 5.97 Å². The van der Waals surface area contributed by atoms with Crippen LogP contribution in [0, 0.1) is 0 Å². The van der Waals surface area contributed by atoms with Crippen molar-refractivity contribution in [2.24, 2.45) is 0 Å². The number of benzene rings is 1. The van der Waals surface area contributed by atoms with E-state index in [4.69, 9.17) is 11.6 Å². The van der Waals surface area contributed by atoms with Crippen molar-refractivity contribution < 1.29 is 9.53 Å². The van der Waals surface area contributed by atoms with Gasteiger partial charge in [0.25, 0.3) is 0 Å². The second kappa shape index (κ2) is 8.98. The Kier molecular flexibility index (Phi) is 8.26. The number of methoxy groups -OCH3 is 1. The van der Waals surface area contributed by atoms with Crippen molar-refractivity contribution in [3.8, 4) is 0 Å². The third kappa shape index (κ3) is 6.25. The van der Waals surface area contributed by atoms with Crippen molar-refractivity contribution in [3.63, 3.8) is 0 Å². The zero-order valence-electron chi connectivity index (χ0n) is 9.65. The number of rotatable bonds is 3. The Balaban J connectivity index is 0.000000325. The van der Waals surface area contributed by atoms with Gasteiger partial charge in [-0.15, -0.1) is 11.6 Å². The fourth-order valence-electron chi connectivity index (χ4n) is 0.981. The highest BCUT2D eigenvalue weighted by Crippen LogP contribution is 2.22. The fourth-order valence-corrected chi connectivity index (χ4v) is 1.13. The zero-order valence-corrected chi connectivity index (χ0v) is 10.4. The highest BCUT2D eigenvalue weighted by atomic mass is 35.5. The van der Waals surface area contributed by atoms with Gasteiger partial charge in [0, 0.05) is 6.08 Å². The summed E-state index contributed by atoms with van der Waals surface area (Å²) in [5, 5.41) is 0.182. The van der Waals surface area contributed by atoms with E-state index >= 15 is 0 Å². The summed E-state index contributed by atoms with van der Waals surface area (Å²) in [6.45, 7) is 5.24. The average Bonchev–Trinajstić information content (AvgIpc) is 2.38. The Bertz CT molecular complexity index is 309. The second-order valence-electron chi connectivity index (χ2n) is 3.01. The zero-order chi connectivity index (χ0) is 12.4. The first-order valence-electron chi connectivity index (χ1n) is 5.05. The quantitative estimate of drug-likeness (QED) is 0.457. The molecule has 1 atom stereocenters. The maximum Gasteiger partial charge on any atom is 0.329 e. The molecule has 16 heavy (non-hydrogen) atoms. The molecule has 0 saturated heterocycles. The van der Waals surface area contributed by atoms with Gasteiger partial charge in [0.15, 0.2) is 0 Å². The van der Waals surface area contributed by atoms with E-state index in [1.807, 2.05) is 18.2 Å². The molecule has 2 nitrogen and oxygen atoms in total. The molecule has 0 aliphatic carbocycles. The summed E-state index contributed by atoms with van der Waals surface area (Å²) in [6, 6.07) is 10.1. The van der Waals surface area contributed by atoms with Crippen LogP contribution >= 0.6 is 11.6 Å². The topological polar surface area (TPSA) is 26.3 Å². The second-order valence-corrected chi connectivity index (χ2v) is 3.54. The molecule has 0 fully saturated rings. The summed E-state index contributed by atoms with van der Waals surface area (Å²) in [4.78, 5) is 9.84. The minimum Gasteiger partial charge on any atom is -0.466 e. The molecule has 1 aromatic carbocycles.